The zero-order valence-corrected chi connectivity index (χ0v) is 11.8. The summed E-state index contributed by atoms with van der Waals surface area (Å²) in [6, 6.07) is 7.00. The van der Waals surface area contributed by atoms with E-state index in [-0.39, 0.29) is 12.4 Å². The van der Waals surface area contributed by atoms with Gasteiger partial charge in [0.25, 0.3) is 0 Å². The van der Waals surface area contributed by atoms with Crippen LogP contribution in [-0.4, -0.2) is 13.2 Å². The molecule has 2 aliphatic carbocycles. The van der Waals surface area contributed by atoms with Gasteiger partial charge in [-0.05, 0) is 67.2 Å². The van der Waals surface area contributed by atoms with Crippen LogP contribution in [0.25, 0.3) is 0 Å². The Morgan fingerprint density at radius 1 is 1.17 bits per heavy atom. The fourth-order valence-electron chi connectivity index (χ4n) is 3.54. The molecule has 1 aromatic carbocycles. The minimum atomic E-state index is 0. The summed E-state index contributed by atoms with van der Waals surface area (Å²) in [5, 5.41) is 0. The summed E-state index contributed by atoms with van der Waals surface area (Å²) < 4.78 is 5.31. The Hall–Kier alpha value is -0.730. The molecular formula is C15H22ClNO. The topological polar surface area (TPSA) is 35.2 Å². The van der Waals surface area contributed by atoms with E-state index >= 15 is 0 Å². The highest BCUT2D eigenvalue weighted by molar-refractivity contribution is 5.85. The Morgan fingerprint density at radius 2 is 1.83 bits per heavy atom. The van der Waals surface area contributed by atoms with Crippen molar-refractivity contribution in [3.8, 4) is 5.75 Å². The Labute approximate surface area is 115 Å². The molecule has 0 saturated heterocycles. The van der Waals surface area contributed by atoms with Gasteiger partial charge in [0.1, 0.15) is 5.75 Å². The zero-order chi connectivity index (χ0) is 11.9. The average molecular weight is 268 g/mol. The van der Waals surface area contributed by atoms with E-state index in [1.54, 1.807) is 7.11 Å². The number of hydrogen-bond donors (Lipinski definition) is 1. The Balaban J connectivity index is 0.00000120. The molecule has 18 heavy (non-hydrogen) atoms. The number of fused-ring (bicyclic) bond motifs is 1. The van der Waals surface area contributed by atoms with Crippen LogP contribution < -0.4 is 10.5 Å². The third kappa shape index (κ3) is 2.36. The van der Waals surface area contributed by atoms with Crippen molar-refractivity contribution < 1.29 is 4.74 Å². The van der Waals surface area contributed by atoms with Gasteiger partial charge in [-0.3, -0.25) is 0 Å². The van der Waals surface area contributed by atoms with E-state index in [1.165, 1.54) is 49.7 Å². The second-order valence-electron chi connectivity index (χ2n) is 5.83. The molecule has 0 amide bonds. The first-order chi connectivity index (χ1) is 8.21. The summed E-state index contributed by atoms with van der Waals surface area (Å²) in [4.78, 5) is 0. The van der Waals surface area contributed by atoms with Gasteiger partial charge in [0.05, 0.1) is 7.11 Å². The maximum atomic E-state index is 6.02. The highest BCUT2D eigenvalue weighted by Gasteiger charge is 2.39. The van der Waals surface area contributed by atoms with Crippen LogP contribution in [0.3, 0.4) is 0 Å². The predicted molar refractivity (Wildman–Crippen MR) is 76.5 cm³/mol. The first-order valence-corrected chi connectivity index (χ1v) is 6.62. The van der Waals surface area contributed by atoms with Crippen LogP contribution in [0.5, 0.6) is 5.75 Å². The van der Waals surface area contributed by atoms with Gasteiger partial charge in [-0.2, -0.15) is 0 Å². The summed E-state index contributed by atoms with van der Waals surface area (Å²) >= 11 is 0. The van der Waals surface area contributed by atoms with E-state index in [0.717, 1.165) is 5.75 Å². The van der Waals surface area contributed by atoms with Crippen LogP contribution >= 0.6 is 12.4 Å². The van der Waals surface area contributed by atoms with Crippen LogP contribution in [0.4, 0.5) is 0 Å². The van der Waals surface area contributed by atoms with Crippen molar-refractivity contribution in [1.29, 1.82) is 0 Å². The summed E-state index contributed by atoms with van der Waals surface area (Å²) in [6.45, 7) is 0. The molecule has 0 heterocycles. The summed E-state index contributed by atoms with van der Waals surface area (Å²) in [6.07, 6.45) is 7.47. The van der Waals surface area contributed by atoms with Crippen molar-refractivity contribution >= 4 is 12.4 Å². The molecule has 0 unspecified atom stereocenters. The second-order valence-corrected chi connectivity index (χ2v) is 5.83. The van der Waals surface area contributed by atoms with Crippen LogP contribution in [0, 0.1) is 5.41 Å². The molecule has 2 nitrogen and oxygen atoms in total. The molecule has 1 fully saturated rings. The molecule has 2 N–H and O–H groups in total. The fourth-order valence-corrected chi connectivity index (χ4v) is 3.54. The van der Waals surface area contributed by atoms with Gasteiger partial charge < -0.3 is 10.5 Å². The number of methoxy groups -OCH3 is 1. The minimum absolute atomic E-state index is 0. The Bertz CT molecular complexity index is 425. The van der Waals surface area contributed by atoms with Crippen molar-refractivity contribution in [1.82, 2.24) is 0 Å². The molecule has 1 saturated carbocycles. The highest BCUT2D eigenvalue weighted by atomic mass is 35.5. The molecule has 3 heteroatoms. The molecule has 0 bridgehead atoms. The first kappa shape index (κ1) is 13.7. The number of halogens is 1. The maximum Gasteiger partial charge on any atom is 0.119 e. The average Bonchev–Trinajstić information content (AvgIpc) is 2.70. The number of ether oxygens (including phenoxy) is 1. The maximum absolute atomic E-state index is 6.02. The van der Waals surface area contributed by atoms with Gasteiger partial charge in [0, 0.05) is 6.04 Å². The molecule has 3 rings (SSSR count). The molecule has 2 aliphatic rings. The number of rotatable bonds is 1. The zero-order valence-electron chi connectivity index (χ0n) is 10.9. The highest BCUT2D eigenvalue weighted by Crippen LogP contribution is 2.47. The van der Waals surface area contributed by atoms with Crippen molar-refractivity contribution in [2.75, 3.05) is 7.11 Å². The van der Waals surface area contributed by atoms with Crippen LogP contribution in [0.1, 0.15) is 36.8 Å². The van der Waals surface area contributed by atoms with E-state index in [1.807, 2.05) is 0 Å². The van der Waals surface area contributed by atoms with Crippen LogP contribution in [-0.2, 0) is 12.8 Å². The Morgan fingerprint density at radius 3 is 2.50 bits per heavy atom. The van der Waals surface area contributed by atoms with Crippen molar-refractivity contribution in [3.63, 3.8) is 0 Å². The third-order valence-corrected chi connectivity index (χ3v) is 4.64. The summed E-state index contributed by atoms with van der Waals surface area (Å²) in [5.74, 6) is 0.994. The lowest BCUT2D eigenvalue weighted by molar-refractivity contribution is 0.187. The van der Waals surface area contributed by atoms with Crippen molar-refractivity contribution in [2.24, 2.45) is 11.1 Å². The van der Waals surface area contributed by atoms with E-state index < -0.39 is 0 Å². The van der Waals surface area contributed by atoms with Crippen molar-refractivity contribution in [2.45, 2.75) is 44.6 Å². The van der Waals surface area contributed by atoms with E-state index in [9.17, 15) is 0 Å². The van der Waals surface area contributed by atoms with E-state index in [0.29, 0.717) is 11.5 Å². The monoisotopic (exact) mass is 267 g/mol. The van der Waals surface area contributed by atoms with Gasteiger partial charge in [-0.15, -0.1) is 12.4 Å². The van der Waals surface area contributed by atoms with Gasteiger partial charge in [0.15, 0.2) is 0 Å². The fraction of sp³-hybridized carbons (Fsp3) is 0.600. The summed E-state index contributed by atoms with van der Waals surface area (Å²) in [7, 11) is 1.74. The van der Waals surface area contributed by atoms with Crippen LogP contribution in [0.2, 0.25) is 0 Å². The first-order valence-electron chi connectivity index (χ1n) is 6.62. The minimum Gasteiger partial charge on any atom is -0.497 e. The molecule has 0 aliphatic heterocycles. The van der Waals surface area contributed by atoms with Gasteiger partial charge in [-0.1, -0.05) is 6.07 Å². The molecule has 0 aromatic heterocycles. The molecule has 0 atom stereocenters. The Kier molecular flexibility index (Phi) is 3.88. The van der Waals surface area contributed by atoms with Crippen molar-refractivity contribution in [3.05, 3.63) is 29.3 Å². The molecular weight excluding hydrogens is 246 g/mol. The smallest absolute Gasteiger partial charge is 0.119 e. The lowest BCUT2D eigenvalue weighted by Gasteiger charge is -2.36. The number of hydrogen-bond acceptors (Lipinski definition) is 2. The molecule has 1 aromatic rings. The standard InChI is InChI=1S/C15H21NO.ClH/c1-17-14-3-2-11-9-15(10-12(11)8-14)6-4-13(16)5-7-15;/h2-3,8,13H,4-7,9-10,16H2,1H3;1H. The quantitative estimate of drug-likeness (QED) is 0.849. The number of benzene rings is 1. The van der Waals surface area contributed by atoms with Crippen LogP contribution in [0.15, 0.2) is 18.2 Å². The third-order valence-electron chi connectivity index (χ3n) is 4.64. The van der Waals surface area contributed by atoms with Gasteiger partial charge >= 0.3 is 0 Å². The molecule has 0 radical (unpaired) electrons. The second kappa shape index (κ2) is 5.10. The SMILES string of the molecule is COc1ccc2c(c1)CC1(CCC(N)CC1)C2.Cl. The molecule has 100 valence electrons. The largest absolute Gasteiger partial charge is 0.497 e. The lowest BCUT2D eigenvalue weighted by atomic mass is 9.71. The normalized spacial score (nSPS) is 29.8. The number of nitrogens with two attached hydrogens (primary N) is 1. The molecule has 1 spiro atoms. The van der Waals surface area contributed by atoms with E-state index in [4.69, 9.17) is 10.5 Å². The van der Waals surface area contributed by atoms with Gasteiger partial charge in [0.2, 0.25) is 0 Å². The van der Waals surface area contributed by atoms with Gasteiger partial charge in [-0.25, -0.2) is 0 Å². The predicted octanol–water partition coefficient (Wildman–Crippen LogP) is 3.10. The van der Waals surface area contributed by atoms with E-state index in [2.05, 4.69) is 18.2 Å². The summed E-state index contributed by atoms with van der Waals surface area (Å²) in [5.41, 5.74) is 9.56. The lowest BCUT2D eigenvalue weighted by Crippen LogP contribution is -2.34.